The molecule has 2 aromatic rings. The lowest BCUT2D eigenvalue weighted by molar-refractivity contribution is 0.106. The smallest absolute Gasteiger partial charge is 0.0609 e. The van der Waals surface area contributed by atoms with E-state index in [4.69, 9.17) is 0 Å². The van der Waals surface area contributed by atoms with Crippen LogP contribution in [0, 0.1) is 6.92 Å². The monoisotopic (exact) mass is 240 g/mol. The van der Waals surface area contributed by atoms with Crippen LogP contribution in [0.5, 0.6) is 0 Å². The molecule has 1 aliphatic carbocycles. The van der Waals surface area contributed by atoms with Crippen molar-refractivity contribution in [3.63, 3.8) is 0 Å². The SMILES string of the molecule is Cc1ccc2ccccc2c1[C@H]1CCCC[C@H]1O. The van der Waals surface area contributed by atoms with Crippen molar-refractivity contribution in [1.29, 1.82) is 0 Å². The van der Waals surface area contributed by atoms with Crippen molar-refractivity contribution in [2.75, 3.05) is 0 Å². The van der Waals surface area contributed by atoms with E-state index in [0.29, 0.717) is 5.92 Å². The molecule has 1 aliphatic rings. The van der Waals surface area contributed by atoms with Crippen LogP contribution >= 0.6 is 0 Å². The van der Waals surface area contributed by atoms with Crippen molar-refractivity contribution in [1.82, 2.24) is 0 Å². The summed E-state index contributed by atoms with van der Waals surface area (Å²) in [6, 6.07) is 12.9. The van der Waals surface area contributed by atoms with Crippen LogP contribution in [0.2, 0.25) is 0 Å². The standard InChI is InChI=1S/C17H20O/c1-12-10-11-13-6-2-3-7-14(13)17(12)15-8-4-5-9-16(15)18/h2-3,6-7,10-11,15-16,18H,4-5,8-9H2,1H3/t15-,16+/m0/s1. The fourth-order valence-electron chi connectivity index (χ4n) is 3.34. The molecule has 94 valence electrons. The average molecular weight is 240 g/mol. The molecule has 1 heteroatoms. The zero-order chi connectivity index (χ0) is 12.5. The minimum Gasteiger partial charge on any atom is -0.392 e. The van der Waals surface area contributed by atoms with E-state index in [9.17, 15) is 5.11 Å². The van der Waals surface area contributed by atoms with Crippen molar-refractivity contribution in [2.45, 2.75) is 44.6 Å². The molecule has 0 unspecified atom stereocenters. The van der Waals surface area contributed by atoms with E-state index in [1.165, 1.54) is 34.7 Å². The zero-order valence-corrected chi connectivity index (χ0v) is 10.9. The Balaban J connectivity index is 2.17. The van der Waals surface area contributed by atoms with Gasteiger partial charge in [-0.25, -0.2) is 0 Å². The molecule has 1 nitrogen and oxygen atoms in total. The van der Waals surface area contributed by atoms with Crippen LogP contribution in [0.25, 0.3) is 10.8 Å². The largest absolute Gasteiger partial charge is 0.392 e. The van der Waals surface area contributed by atoms with Crippen LogP contribution in [0.3, 0.4) is 0 Å². The molecule has 0 saturated heterocycles. The summed E-state index contributed by atoms with van der Waals surface area (Å²) in [5.41, 5.74) is 2.69. The Kier molecular flexibility index (Phi) is 3.09. The van der Waals surface area contributed by atoms with Crippen LogP contribution < -0.4 is 0 Å². The molecule has 18 heavy (non-hydrogen) atoms. The van der Waals surface area contributed by atoms with Gasteiger partial charge >= 0.3 is 0 Å². The topological polar surface area (TPSA) is 20.2 Å². The summed E-state index contributed by atoms with van der Waals surface area (Å²) in [6.45, 7) is 2.17. The molecule has 0 aromatic heterocycles. The van der Waals surface area contributed by atoms with Crippen molar-refractivity contribution in [2.24, 2.45) is 0 Å². The van der Waals surface area contributed by atoms with Gasteiger partial charge in [-0.05, 0) is 41.7 Å². The number of benzene rings is 2. The normalized spacial score (nSPS) is 24.3. The Morgan fingerprint density at radius 3 is 2.61 bits per heavy atom. The fraction of sp³-hybridized carbons (Fsp3) is 0.412. The van der Waals surface area contributed by atoms with Gasteiger partial charge in [0.1, 0.15) is 0 Å². The van der Waals surface area contributed by atoms with Gasteiger partial charge in [-0.3, -0.25) is 0 Å². The Labute approximate surface area is 108 Å². The van der Waals surface area contributed by atoms with Gasteiger partial charge < -0.3 is 5.11 Å². The molecule has 0 aliphatic heterocycles. The van der Waals surface area contributed by atoms with E-state index < -0.39 is 0 Å². The van der Waals surface area contributed by atoms with E-state index in [1.54, 1.807) is 0 Å². The van der Waals surface area contributed by atoms with Gasteiger partial charge in [0.05, 0.1) is 6.10 Å². The molecule has 1 N–H and O–H groups in total. The number of fused-ring (bicyclic) bond motifs is 1. The summed E-state index contributed by atoms with van der Waals surface area (Å²) in [6.07, 6.45) is 4.32. The van der Waals surface area contributed by atoms with Crippen molar-refractivity contribution in [3.8, 4) is 0 Å². The molecule has 3 rings (SSSR count). The molecular formula is C17H20O. The Hall–Kier alpha value is -1.34. The third kappa shape index (κ3) is 1.93. The maximum atomic E-state index is 10.3. The first kappa shape index (κ1) is 11.7. The first-order chi connectivity index (χ1) is 8.77. The number of hydrogen-bond donors (Lipinski definition) is 1. The number of aliphatic hydroxyl groups excluding tert-OH is 1. The van der Waals surface area contributed by atoms with Crippen molar-refractivity contribution in [3.05, 3.63) is 47.5 Å². The lowest BCUT2D eigenvalue weighted by Crippen LogP contribution is -2.23. The van der Waals surface area contributed by atoms with E-state index in [1.807, 2.05) is 0 Å². The van der Waals surface area contributed by atoms with Crippen LogP contribution in [-0.2, 0) is 0 Å². The van der Waals surface area contributed by atoms with E-state index in [-0.39, 0.29) is 6.10 Å². The maximum absolute atomic E-state index is 10.3. The second kappa shape index (κ2) is 4.74. The van der Waals surface area contributed by atoms with Crippen molar-refractivity contribution >= 4 is 10.8 Å². The zero-order valence-electron chi connectivity index (χ0n) is 10.9. The molecule has 0 amide bonds. The van der Waals surface area contributed by atoms with Crippen LogP contribution in [0.1, 0.15) is 42.7 Å². The second-order valence-electron chi connectivity index (χ2n) is 5.48. The minimum atomic E-state index is -0.164. The van der Waals surface area contributed by atoms with Crippen molar-refractivity contribution < 1.29 is 5.11 Å². The van der Waals surface area contributed by atoms with Gasteiger partial charge in [0.2, 0.25) is 0 Å². The highest BCUT2D eigenvalue weighted by Gasteiger charge is 2.26. The number of hydrogen-bond acceptors (Lipinski definition) is 1. The van der Waals surface area contributed by atoms with Gasteiger partial charge in [-0.15, -0.1) is 0 Å². The predicted molar refractivity (Wildman–Crippen MR) is 75.9 cm³/mol. The first-order valence-corrected chi connectivity index (χ1v) is 6.93. The molecule has 2 aromatic carbocycles. The highest BCUT2D eigenvalue weighted by atomic mass is 16.3. The lowest BCUT2D eigenvalue weighted by atomic mass is 9.78. The highest BCUT2D eigenvalue weighted by molar-refractivity contribution is 5.87. The predicted octanol–water partition coefficient (Wildman–Crippen LogP) is 4.17. The third-order valence-electron chi connectivity index (χ3n) is 4.29. The molecule has 0 radical (unpaired) electrons. The summed E-state index contributed by atoms with van der Waals surface area (Å²) in [4.78, 5) is 0. The Morgan fingerprint density at radius 1 is 1.00 bits per heavy atom. The van der Waals surface area contributed by atoms with E-state index in [0.717, 1.165) is 12.8 Å². The summed E-state index contributed by atoms with van der Waals surface area (Å²) in [5, 5.41) is 12.9. The maximum Gasteiger partial charge on any atom is 0.0609 e. The van der Waals surface area contributed by atoms with Crippen LogP contribution in [0.15, 0.2) is 36.4 Å². The van der Waals surface area contributed by atoms with Crippen LogP contribution in [0.4, 0.5) is 0 Å². The van der Waals surface area contributed by atoms with E-state index in [2.05, 4.69) is 43.3 Å². The van der Waals surface area contributed by atoms with Gasteiger partial charge in [-0.2, -0.15) is 0 Å². The number of aryl methyl sites for hydroxylation is 1. The second-order valence-corrected chi connectivity index (χ2v) is 5.48. The molecule has 0 heterocycles. The lowest BCUT2D eigenvalue weighted by Gasteiger charge is -2.30. The first-order valence-electron chi connectivity index (χ1n) is 6.93. The third-order valence-corrected chi connectivity index (χ3v) is 4.29. The molecule has 1 fully saturated rings. The molecule has 1 saturated carbocycles. The average Bonchev–Trinajstić information content (AvgIpc) is 2.40. The number of aliphatic hydroxyl groups is 1. The summed E-state index contributed by atoms with van der Waals surface area (Å²) < 4.78 is 0. The molecule has 0 bridgehead atoms. The minimum absolute atomic E-state index is 0.164. The summed E-state index contributed by atoms with van der Waals surface area (Å²) >= 11 is 0. The summed E-state index contributed by atoms with van der Waals surface area (Å²) in [5.74, 6) is 0.324. The van der Waals surface area contributed by atoms with E-state index >= 15 is 0 Å². The van der Waals surface area contributed by atoms with Gasteiger partial charge in [0, 0.05) is 5.92 Å². The molecular weight excluding hydrogens is 220 g/mol. The fourth-order valence-corrected chi connectivity index (χ4v) is 3.34. The Morgan fingerprint density at radius 2 is 1.78 bits per heavy atom. The van der Waals surface area contributed by atoms with Gasteiger partial charge in [0.25, 0.3) is 0 Å². The van der Waals surface area contributed by atoms with Crippen LogP contribution in [-0.4, -0.2) is 11.2 Å². The quantitative estimate of drug-likeness (QED) is 0.793. The van der Waals surface area contributed by atoms with Gasteiger partial charge in [-0.1, -0.05) is 49.2 Å². The molecule has 0 spiro atoms. The molecule has 2 atom stereocenters. The van der Waals surface area contributed by atoms with Gasteiger partial charge in [0.15, 0.2) is 0 Å². The highest BCUT2D eigenvalue weighted by Crippen LogP contribution is 2.38. The summed E-state index contributed by atoms with van der Waals surface area (Å²) in [7, 11) is 0. The Bertz CT molecular complexity index is 559. The number of rotatable bonds is 1.